The molecule has 2 aromatic heterocycles. The summed E-state index contributed by atoms with van der Waals surface area (Å²) in [5.74, 6) is 0.992. The van der Waals surface area contributed by atoms with Crippen molar-refractivity contribution in [3.05, 3.63) is 41.3 Å². The standard InChI is InChI=1S/C25H30ClFN6O/c1-2-15-8-24(15)33-12-17(11-29-33)30-25-28-10-16-7-21(26)20(9-23(16)31-25)19-3-5-32(13-22(19)27)18-4-6-34-14-18/h7,9-12,15,18-19,22,24H,2-6,8,13-14H2,1H3,(H,28,30,31). The fourth-order valence-electron chi connectivity index (χ4n) is 5.54. The quantitative estimate of drug-likeness (QED) is 0.524. The fraction of sp³-hybridized carbons (Fsp3) is 0.560. The Morgan fingerprint density at radius 3 is 2.94 bits per heavy atom. The minimum Gasteiger partial charge on any atom is -0.380 e. The van der Waals surface area contributed by atoms with Gasteiger partial charge in [-0.15, -0.1) is 0 Å². The largest absolute Gasteiger partial charge is 0.380 e. The molecular formula is C25H30ClFN6O. The topological polar surface area (TPSA) is 68.1 Å². The van der Waals surface area contributed by atoms with Crippen LogP contribution >= 0.6 is 11.6 Å². The Balaban J connectivity index is 1.20. The molecule has 1 N–H and O–H groups in total. The van der Waals surface area contributed by atoms with Gasteiger partial charge in [-0.1, -0.05) is 24.9 Å². The van der Waals surface area contributed by atoms with Gasteiger partial charge in [0, 0.05) is 47.9 Å². The molecule has 1 saturated carbocycles. The first kappa shape index (κ1) is 22.2. The Morgan fingerprint density at radius 2 is 2.18 bits per heavy atom. The van der Waals surface area contributed by atoms with Crippen LogP contribution in [0.2, 0.25) is 5.02 Å². The zero-order chi connectivity index (χ0) is 23.2. The van der Waals surface area contributed by atoms with Gasteiger partial charge < -0.3 is 10.1 Å². The van der Waals surface area contributed by atoms with E-state index in [9.17, 15) is 0 Å². The molecule has 1 aliphatic carbocycles. The predicted octanol–water partition coefficient (Wildman–Crippen LogP) is 5.11. The van der Waals surface area contributed by atoms with Crippen LogP contribution in [0.25, 0.3) is 10.9 Å². The highest BCUT2D eigenvalue weighted by Gasteiger charge is 2.38. The summed E-state index contributed by atoms with van der Waals surface area (Å²) in [7, 11) is 0. The van der Waals surface area contributed by atoms with E-state index in [2.05, 4.69) is 27.2 Å². The van der Waals surface area contributed by atoms with E-state index in [1.54, 1.807) is 6.20 Å². The lowest BCUT2D eigenvalue weighted by molar-refractivity contribution is 0.0729. The molecule has 3 aromatic rings. The van der Waals surface area contributed by atoms with Crippen LogP contribution in [0.5, 0.6) is 0 Å². The van der Waals surface area contributed by atoms with E-state index in [1.807, 2.05) is 29.2 Å². The van der Waals surface area contributed by atoms with E-state index in [-0.39, 0.29) is 5.92 Å². The summed E-state index contributed by atoms with van der Waals surface area (Å²) in [6.07, 6.45) is 8.70. The summed E-state index contributed by atoms with van der Waals surface area (Å²) in [4.78, 5) is 11.4. The summed E-state index contributed by atoms with van der Waals surface area (Å²) in [6, 6.07) is 4.64. The zero-order valence-corrected chi connectivity index (χ0v) is 20.1. The van der Waals surface area contributed by atoms with Crippen LogP contribution in [0.1, 0.15) is 50.1 Å². The molecule has 5 atom stereocenters. The monoisotopic (exact) mass is 484 g/mol. The van der Waals surface area contributed by atoms with Gasteiger partial charge in [-0.25, -0.2) is 14.4 Å². The van der Waals surface area contributed by atoms with Crippen LogP contribution in [-0.2, 0) is 4.74 Å². The number of hydrogen-bond acceptors (Lipinski definition) is 6. The van der Waals surface area contributed by atoms with Crippen molar-refractivity contribution in [3.63, 3.8) is 0 Å². The fourth-order valence-corrected chi connectivity index (χ4v) is 5.85. The van der Waals surface area contributed by atoms with Crippen molar-refractivity contribution in [2.24, 2.45) is 5.92 Å². The molecule has 34 heavy (non-hydrogen) atoms. The number of hydrogen-bond donors (Lipinski definition) is 1. The maximum Gasteiger partial charge on any atom is 0.227 e. The van der Waals surface area contributed by atoms with Crippen LogP contribution in [0, 0.1) is 5.92 Å². The number of anilines is 2. The van der Waals surface area contributed by atoms with Crippen molar-refractivity contribution in [3.8, 4) is 0 Å². The number of alkyl halides is 1. The Hall–Kier alpha value is -2.29. The number of rotatable bonds is 6. The smallest absolute Gasteiger partial charge is 0.227 e. The van der Waals surface area contributed by atoms with Gasteiger partial charge in [-0.05, 0) is 49.4 Å². The molecule has 3 fully saturated rings. The lowest BCUT2D eigenvalue weighted by Gasteiger charge is -2.38. The summed E-state index contributed by atoms with van der Waals surface area (Å²) in [6.45, 7) is 4.98. The molecule has 9 heteroatoms. The zero-order valence-electron chi connectivity index (χ0n) is 19.3. The van der Waals surface area contributed by atoms with Gasteiger partial charge in [-0.2, -0.15) is 5.10 Å². The molecule has 0 bridgehead atoms. The molecule has 2 saturated heterocycles. The highest BCUT2D eigenvalue weighted by atomic mass is 35.5. The minimum atomic E-state index is -0.969. The second kappa shape index (κ2) is 9.06. The summed E-state index contributed by atoms with van der Waals surface area (Å²) in [5, 5.41) is 9.18. The van der Waals surface area contributed by atoms with E-state index in [4.69, 9.17) is 21.3 Å². The molecule has 2 aliphatic heterocycles. The Labute approximate surface area is 203 Å². The normalized spacial score (nSPS) is 29.6. The van der Waals surface area contributed by atoms with E-state index < -0.39 is 6.17 Å². The molecule has 4 heterocycles. The average Bonchev–Trinajstić information content (AvgIpc) is 3.19. The van der Waals surface area contributed by atoms with Crippen LogP contribution in [0.3, 0.4) is 0 Å². The van der Waals surface area contributed by atoms with Gasteiger partial charge in [0.2, 0.25) is 5.95 Å². The van der Waals surface area contributed by atoms with Crippen molar-refractivity contribution >= 4 is 34.1 Å². The van der Waals surface area contributed by atoms with Crippen molar-refractivity contribution in [1.82, 2.24) is 24.6 Å². The minimum absolute atomic E-state index is 0.231. The van der Waals surface area contributed by atoms with Gasteiger partial charge in [0.15, 0.2) is 0 Å². The number of halogens is 2. The number of likely N-dealkylation sites (tertiary alicyclic amines) is 1. The van der Waals surface area contributed by atoms with Gasteiger partial charge in [0.25, 0.3) is 0 Å². The van der Waals surface area contributed by atoms with Gasteiger partial charge in [0.1, 0.15) is 6.17 Å². The molecule has 180 valence electrons. The van der Waals surface area contributed by atoms with Gasteiger partial charge in [0.05, 0.1) is 30.0 Å². The van der Waals surface area contributed by atoms with Gasteiger partial charge in [-0.3, -0.25) is 9.58 Å². The maximum atomic E-state index is 15.3. The van der Waals surface area contributed by atoms with Crippen molar-refractivity contribution in [2.45, 2.75) is 56.8 Å². The van der Waals surface area contributed by atoms with Crippen LogP contribution < -0.4 is 5.32 Å². The molecule has 0 spiro atoms. The molecule has 0 radical (unpaired) electrons. The predicted molar refractivity (Wildman–Crippen MR) is 131 cm³/mol. The van der Waals surface area contributed by atoms with E-state index in [0.29, 0.717) is 36.2 Å². The SMILES string of the molecule is CCC1CC1n1cc(Nc2ncc3cc(Cl)c(C4CCN(C5CCOC5)CC4F)cc3n2)cn1. The van der Waals surface area contributed by atoms with E-state index in [1.165, 1.54) is 12.8 Å². The van der Waals surface area contributed by atoms with Crippen LogP contribution in [0.4, 0.5) is 16.0 Å². The lowest BCUT2D eigenvalue weighted by atomic mass is 9.86. The summed E-state index contributed by atoms with van der Waals surface area (Å²) < 4.78 is 22.8. The van der Waals surface area contributed by atoms with E-state index >= 15 is 4.39 Å². The number of ether oxygens (including phenoxy) is 1. The first-order valence-electron chi connectivity index (χ1n) is 12.3. The molecule has 5 unspecified atom stereocenters. The molecule has 1 aromatic carbocycles. The third kappa shape index (κ3) is 4.27. The third-order valence-electron chi connectivity index (χ3n) is 7.70. The number of nitrogens with one attached hydrogen (secondary N) is 1. The Kier molecular flexibility index (Phi) is 5.91. The highest BCUT2D eigenvalue weighted by molar-refractivity contribution is 6.32. The third-order valence-corrected chi connectivity index (χ3v) is 8.03. The number of fused-ring (bicyclic) bond motifs is 1. The average molecular weight is 485 g/mol. The number of benzene rings is 1. The maximum absolute atomic E-state index is 15.3. The summed E-state index contributed by atoms with van der Waals surface area (Å²) >= 11 is 6.61. The van der Waals surface area contributed by atoms with Crippen LogP contribution in [0.15, 0.2) is 30.7 Å². The Bertz CT molecular complexity index is 1180. The second-order valence-corrected chi connectivity index (χ2v) is 10.3. The molecule has 0 amide bonds. The molecular weight excluding hydrogens is 455 g/mol. The van der Waals surface area contributed by atoms with Crippen molar-refractivity contribution in [2.75, 3.05) is 31.6 Å². The van der Waals surface area contributed by atoms with Gasteiger partial charge >= 0.3 is 0 Å². The van der Waals surface area contributed by atoms with Crippen molar-refractivity contribution < 1.29 is 9.13 Å². The number of aromatic nitrogens is 4. The molecule has 3 aliphatic rings. The number of piperidine rings is 1. The van der Waals surface area contributed by atoms with Crippen LogP contribution in [-0.4, -0.2) is 63.2 Å². The highest BCUT2D eigenvalue weighted by Crippen LogP contribution is 2.45. The Morgan fingerprint density at radius 1 is 1.26 bits per heavy atom. The number of nitrogens with zero attached hydrogens (tertiary/aromatic N) is 5. The first-order chi connectivity index (χ1) is 16.6. The van der Waals surface area contributed by atoms with E-state index in [0.717, 1.165) is 54.1 Å². The lowest BCUT2D eigenvalue weighted by Crippen LogP contribution is -2.46. The summed E-state index contributed by atoms with van der Waals surface area (Å²) in [5.41, 5.74) is 2.46. The molecule has 7 nitrogen and oxygen atoms in total. The second-order valence-electron chi connectivity index (χ2n) is 9.86. The van der Waals surface area contributed by atoms with Crippen molar-refractivity contribution in [1.29, 1.82) is 0 Å². The first-order valence-corrected chi connectivity index (χ1v) is 12.7. The molecule has 6 rings (SSSR count).